The maximum absolute atomic E-state index is 10.0. The third kappa shape index (κ3) is 53.3. The summed E-state index contributed by atoms with van der Waals surface area (Å²) in [5.41, 5.74) is 0. The molecule has 0 fully saturated rings. The molecule has 0 spiro atoms. The van der Waals surface area contributed by atoms with Crippen LogP contribution in [0.15, 0.2) is 0 Å². The number of carboxylic acid groups (broad SMARTS) is 4. The molecule has 32 heavy (non-hydrogen) atoms. The first-order valence-corrected chi connectivity index (χ1v) is 10.0. The molecule has 164 valence electrons. The van der Waals surface area contributed by atoms with Crippen LogP contribution >= 0.6 is 0 Å². The second-order valence-corrected chi connectivity index (χ2v) is 6.73. The summed E-state index contributed by atoms with van der Waals surface area (Å²) in [6.45, 7) is 0. The number of carboxylic acids is 4. The summed E-state index contributed by atoms with van der Waals surface area (Å²) in [4.78, 5) is 40.1. The molecule has 0 saturated heterocycles. The van der Waals surface area contributed by atoms with Gasteiger partial charge in [-0.25, -0.2) is 0 Å². The van der Waals surface area contributed by atoms with E-state index in [9.17, 15) is 39.6 Å². The Labute approximate surface area is 280 Å². The average molecular weight is 492 g/mol. The summed E-state index contributed by atoms with van der Waals surface area (Å²) in [6.07, 6.45) is 10.5. The van der Waals surface area contributed by atoms with Gasteiger partial charge in [0.25, 0.3) is 0 Å². The van der Waals surface area contributed by atoms with Gasteiger partial charge >= 0.3 is 118 Å². The van der Waals surface area contributed by atoms with Crippen LogP contribution in [0.5, 0.6) is 0 Å². The molecule has 0 aromatic rings. The first kappa shape index (κ1) is 47.1. The van der Waals surface area contributed by atoms with Gasteiger partial charge < -0.3 is 39.6 Å². The minimum atomic E-state index is -0.998. The quantitative estimate of drug-likeness (QED) is 0.135. The summed E-state index contributed by atoms with van der Waals surface area (Å²) in [6, 6.07) is 0. The van der Waals surface area contributed by atoms with Crippen LogP contribution in [0, 0.1) is 0 Å². The second-order valence-electron chi connectivity index (χ2n) is 6.73. The number of hydrogen-bond donors (Lipinski definition) is 0. The Hall–Kier alpha value is 1.88. The van der Waals surface area contributed by atoms with Crippen molar-refractivity contribution >= 4 is 23.9 Å². The van der Waals surface area contributed by atoms with Crippen LogP contribution in [0.2, 0.25) is 0 Å². The van der Waals surface area contributed by atoms with Crippen molar-refractivity contribution in [3.8, 4) is 0 Å². The molecule has 0 aromatic carbocycles. The van der Waals surface area contributed by atoms with Gasteiger partial charge in [-0.2, -0.15) is 0 Å². The number of unbranched alkanes of at least 4 members (excludes halogenated alkanes) is 10. The van der Waals surface area contributed by atoms with Gasteiger partial charge in [0.15, 0.2) is 0 Å². The predicted octanol–water partition coefficient (Wildman–Crippen LogP) is -12.8. The number of hydrogen-bond acceptors (Lipinski definition) is 8. The van der Waals surface area contributed by atoms with Gasteiger partial charge in [0, 0.05) is 23.9 Å². The van der Waals surface area contributed by atoms with Crippen LogP contribution in [0.25, 0.3) is 0 Å². The molecule has 0 atom stereocenters. The predicted molar refractivity (Wildman–Crippen MR) is 93.9 cm³/mol. The van der Waals surface area contributed by atoms with Crippen molar-refractivity contribution in [1.82, 2.24) is 0 Å². The second kappa shape index (κ2) is 37.4. The molecule has 8 nitrogen and oxygen atoms in total. The smallest absolute Gasteiger partial charge is 0.550 e. The van der Waals surface area contributed by atoms with Crippen molar-refractivity contribution in [2.24, 2.45) is 0 Å². The van der Waals surface area contributed by atoms with Gasteiger partial charge in [0.05, 0.1) is 0 Å². The van der Waals surface area contributed by atoms with Crippen LogP contribution in [-0.2, 0) is 19.2 Å². The van der Waals surface area contributed by atoms with Gasteiger partial charge in [-0.1, -0.05) is 51.4 Å². The summed E-state index contributed by atoms with van der Waals surface area (Å²) in [5, 5.41) is 40.1. The van der Waals surface area contributed by atoms with Gasteiger partial charge in [-0.3, -0.25) is 0 Å². The Kier molecular flexibility index (Phi) is 55.1. The van der Waals surface area contributed by atoms with Crippen LogP contribution in [0.3, 0.4) is 0 Å². The monoisotopic (exact) mass is 492 g/mol. The van der Waals surface area contributed by atoms with Crippen molar-refractivity contribution in [3.63, 3.8) is 0 Å². The topological polar surface area (TPSA) is 161 Å². The number of carbonyl (C=O) groups is 4. The molecule has 12 heteroatoms. The van der Waals surface area contributed by atoms with Crippen molar-refractivity contribution in [1.29, 1.82) is 0 Å². The summed E-state index contributed by atoms with van der Waals surface area (Å²) < 4.78 is 0. The van der Waals surface area contributed by atoms with Gasteiger partial charge in [0.1, 0.15) is 0 Å². The van der Waals surface area contributed by atoms with Crippen LogP contribution < -0.4 is 139 Å². The Balaban J connectivity index is -0.0000000939. The zero-order valence-corrected chi connectivity index (χ0v) is 28.6. The van der Waals surface area contributed by atoms with E-state index >= 15 is 0 Å². The number of rotatable bonds is 18. The SMILES string of the molecule is O=C([O-])CCCCCCCCC(=O)[O-].O=C([O-])CCCCCCCCC(=O)[O-].[Na+].[Na+].[Na+].[Na+]. The van der Waals surface area contributed by atoms with Crippen molar-refractivity contribution in [3.05, 3.63) is 0 Å². The summed E-state index contributed by atoms with van der Waals surface area (Å²) in [7, 11) is 0. The zero-order valence-electron chi connectivity index (χ0n) is 20.6. The van der Waals surface area contributed by atoms with Crippen molar-refractivity contribution in [2.45, 2.75) is 103 Å². The maximum atomic E-state index is 10.0. The van der Waals surface area contributed by atoms with E-state index in [4.69, 9.17) is 0 Å². The molecule has 0 rings (SSSR count). The maximum Gasteiger partial charge on any atom is 1.00 e. The minimum absolute atomic E-state index is 0. The minimum Gasteiger partial charge on any atom is -0.550 e. The molecule has 0 unspecified atom stereocenters. The fraction of sp³-hybridized carbons (Fsp3) is 0.800. The Morgan fingerprint density at radius 3 is 0.562 bits per heavy atom. The van der Waals surface area contributed by atoms with E-state index < -0.39 is 23.9 Å². The molecule has 0 radical (unpaired) electrons. The van der Waals surface area contributed by atoms with E-state index in [2.05, 4.69) is 0 Å². The van der Waals surface area contributed by atoms with Gasteiger partial charge in [0.2, 0.25) is 0 Å². The molecule has 0 aromatic heterocycles. The van der Waals surface area contributed by atoms with E-state index in [1.165, 1.54) is 0 Å². The molecule has 0 amide bonds. The first-order valence-electron chi connectivity index (χ1n) is 10.0. The third-order valence-corrected chi connectivity index (χ3v) is 4.02. The summed E-state index contributed by atoms with van der Waals surface area (Å²) in [5.74, 6) is -3.99. The van der Waals surface area contributed by atoms with E-state index in [0.29, 0.717) is 25.7 Å². The van der Waals surface area contributed by atoms with Crippen LogP contribution in [0.4, 0.5) is 0 Å². The molecule has 0 N–H and O–H groups in total. The van der Waals surface area contributed by atoms with Crippen molar-refractivity contribution < 1.29 is 158 Å². The van der Waals surface area contributed by atoms with E-state index in [0.717, 1.165) is 51.4 Å². The molecular weight excluding hydrogens is 460 g/mol. The summed E-state index contributed by atoms with van der Waals surface area (Å²) >= 11 is 0. The molecule has 0 heterocycles. The average Bonchev–Trinajstić information content (AvgIpc) is 2.59. The molecule has 0 aliphatic carbocycles. The molecular formula is C20H32Na4O8. The van der Waals surface area contributed by atoms with Crippen LogP contribution in [-0.4, -0.2) is 23.9 Å². The number of aliphatic carboxylic acids is 4. The normalized spacial score (nSPS) is 8.75. The molecule has 0 aliphatic heterocycles. The van der Waals surface area contributed by atoms with Crippen LogP contribution in [0.1, 0.15) is 103 Å². The Morgan fingerprint density at radius 1 is 0.312 bits per heavy atom. The Morgan fingerprint density at radius 2 is 0.438 bits per heavy atom. The van der Waals surface area contributed by atoms with Gasteiger partial charge in [-0.05, 0) is 51.4 Å². The van der Waals surface area contributed by atoms with E-state index in [1.54, 1.807) is 0 Å². The largest absolute Gasteiger partial charge is 1.00 e. The molecule has 0 bridgehead atoms. The fourth-order valence-corrected chi connectivity index (χ4v) is 2.49. The first-order chi connectivity index (χ1) is 13.3. The third-order valence-electron chi connectivity index (χ3n) is 4.02. The Bertz CT molecular complexity index is 371. The zero-order chi connectivity index (χ0) is 21.6. The van der Waals surface area contributed by atoms with Crippen molar-refractivity contribution in [2.75, 3.05) is 0 Å². The molecule has 0 aliphatic rings. The van der Waals surface area contributed by atoms with Gasteiger partial charge in [-0.15, -0.1) is 0 Å². The molecule has 0 saturated carbocycles. The standard InChI is InChI=1S/2C10H18O4.4Na/c2*11-9(12)7-5-3-1-2-4-6-8-10(13)14;;;;/h2*1-8H2,(H,11,12)(H,13,14);;;;/q;;4*+1/p-4. The van der Waals surface area contributed by atoms with E-state index in [-0.39, 0.29) is 144 Å². The number of carbonyl (C=O) groups excluding carboxylic acids is 4. The fourth-order valence-electron chi connectivity index (χ4n) is 2.49. The van der Waals surface area contributed by atoms with E-state index in [1.807, 2.05) is 0 Å².